The van der Waals surface area contributed by atoms with E-state index in [0.717, 1.165) is 24.2 Å². The van der Waals surface area contributed by atoms with Gasteiger partial charge < -0.3 is 37.6 Å². The molecule has 2 aromatic rings. The Balaban J connectivity index is 1.54. The molecule has 1 aromatic carbocycles. The first-order valence-electron chi connectivity index (χ1n) is 10.0. The minimum absolute atomic E-state index is 0.0885. The van der Waals surface area contributed by atoms with Crippen molar-refractivity contribution in [2.45, 2.75) is 37.8 Å². The number of fused-ring (bicyclic) bond motifs is 1. The SMILES string of the molecule is Nc1nc(N)c2c(n1)CCC(CNc1ccc(C(=O)N[C@@H](CCC(=O)O)C(=O)O)cc1)N2. The molecule has 1 amide bonds. The molecule has 12 heteroatoms. The summed E-state index contributed by atoms with van der Waals surface area (Å²) in [5, 5.41) is 26.8. The van der Waals surface area contributed by atoms with E-state index >= 15 is 0 Å². The molecule has 0 spiro atoms. The highest BCUT2D eigenvalue weighted by Crippen LogP contribution is 2.28. The second kappa shape index (κ2) is 9.81. The molecular formula is C20H25N7O5. The summed E-state index contributed by atoms with van der Waals surface area (Å²) in [5.74, 6) is -2.53. The number of nitrogens with two attached hydrogens (primary N) is 2. The summed E-state index contributed by atoms with van der Waals surface area (Å²) >= 11 is 0. The van der Waals surface area contributed by atoms with Crippen LogP contribution in [0.2, 0.25) is 0 Å². The molecule has 1 aliphatic rings. The molecule has 1 aliphatic heterocycles. The molecular weight excluding hydrogens is 418 g/mol. The number of aliphatic carboxylic acids is 2. The number of carbonyl (C=O) groups is 3. The van der Waals surface area contributed by atoms with E-state index in [0.29, 0.717) is 18.1 Å². The van der Waals surface area contributed by atoms with Gasteiger partial charge in [-0.3, -0.25) is 9.59 Å². The van der Waals surface area contributed by atoms with Gasteiger partial charge in [-0.1, -0.05) is 0 Å². The topological polar surface area (TPSA) is 206 Å². The van der Waals surface area contributed by atoms with Crippen LogP contribution in [0.1, 0.15) is 35.3 Å². The second-order valence-electron chi connectivity index (χ2n) is 7.42. The number of rotatable bonds is 9. The highest BCUT2D eigenvalue weighted by molar-refractivity contribution is 5.96. The lowest BCUT2D eigenvalue weighted by atomic mass is 10.0. The number of aryl methyl sites for hydroxylation is 1. The van der Waals surface area contributed by atoms with Gasteiger partial charge in [0.1, 0.15) is 6.04 Å². The molecule has 0 fully saturated rings. The number of hydrogen-bond acceptors (Lipinski definition) is 9. The number of carbonyl (C=O) groups excluding carboxylic acids is 1. The van der Waals surface area contributed by atoms with Crippen LogP contribution in [-0.4, -0.2) is 56.7 Å². The maximum absolute atomic E-state index is 12.3. The minimum Gasteiger partial charge on any atom is -0.481 e. The van der Waals surface area contributed by atoms with E-state index in [2.05, 4.69) is 25.9 Å². The maximum atomic E-state index is 12.3. The summed E-state index contributed by atoms with van der Waals surface area (Å²) in [4.78, 5) is 42.4. The van der Waals surface area contributed by atoms with Gasteiger partial charge in [-0.15, -0.1) is 0 Å². The van der Waals surface area contributed by atoms with Crippen molar-refractivity contribution in [1.29, 1.82) is 0 Å². The second-order valence-corrected chi connectivity index (χ2v) is 7.42. The van der Waals surface area contributed by atoms with Crippen LogP contribution in [0, 0.1) is 0 Å². The van der Waals surface area contributed by atoms with Crippen LogP contribution in [0.25, 0.3) is 0 Å². The molecule has 0 saturated carbocycles. The maximum Gasteiger partial charge on any atom is 0.326 e. The van der Waals surface area contributed by atoms with E-state index in [1.165, 1.54) is 0 Å². The first-order chi connectivity index (χ1) is 15.2. The van der Waals surface area contributed by atoms with Gasteiger partial charge in [0.05, 0.1) is 11.4 Å². The van der Waals surface area contributed by atoms with Crippen molar-refractivity contribution in [2.24, 2.45) is 0 Å². The Morgan fingerprint density at radius 1 is 1.16 bits per heavy atom. The molecule has 3 rings (SSSR count). The molecule has 0 saturated heterocycles. The Kier molecular flexibility index (Phi) is 6.93. The third-order valence-electron chi connectivity index (χ3n) is 5.06. The third kappa shape index (κ3) is 5.74. The van der Waals surface area contributed by atoms with Crippen molar-refractivity contribution in [3.63, 3.8) is 0 Å². The lowest BCUT2D eigenvalue weighted by Gasteiger charge is -2.27. The van der Waals surface area contributed by atoms with Crippen LogP contribution < -0.4 is 27.4 Å². The fraction of sp³-hybridized carbons (Fsp3) is 0.350. The molecule has 9 N–H and O–H groups in total. The zero-order chi connectivity index (χ0) is 23.3. The molecule has 170 valence electrons. The van der Waals surface area contributed by atoms with E-state index in [1.54, 1.807) is 24.3 Å². The molecule has 1 aromatic heterocycles. The van der Waals surface area contributed by atoms with Gasteiger partial charge in [-0.2, -0.15) is 4.98 Å². The highest BCUT2D eigenvalue weighted by Gasteiger charge is 2.23. The molecule has 2 heterocycles. The fourth-order valence-electron chi connectivity index (χ4n) is 3.37. The number of carboxylic acid groups (broad SMARTS) is 2. The number of benzene rings is 1. The number of hydrogen-bond donors (Lipinski definition) is 7. The normalized spacial score (nSPS) is 15.7. The summed E-state index contributed by atoms with van der Waals surface area (Å²) in [7, 11) is 0. The van der Waals surface area contributed by atoms with Gasteiger partial charge in [0, 0.05) is 30.3 Å². The van der Waals surface area contributed by atoms with E-state index in [4.69, 9.17) is 21.7 Å². The molecule has 0 bridgehead atoms. The predicted molar refractivity (Wildman–Crippen MR) is 117 cm³/mol. The summed E-state index contributed by atoms with van der Waals surface area (Å²) in [6.07, 6.45) is 0.987. The largest absolute Gasteiger partial charge is 0.481 e. The molecule has 32 heavy (non-hydrogen) atoms. The molecule has 12 nitrogen and oxygen atoms in total. The average molecular weight is 443 g/mol. The minimum atomic E-state index is -1.28. The lowest BCUT2D eigenvalue weighted by Crippen LogP contribution is -2.41. The molecule has 1 unspecified atom stereocenters. The fourth-order valence-corrected chi connectivity index (χ4v) is 3.37. The van der Waals surface area contributed by atoms with Gasteiger partial charge in [0.15, 0.2) is 5.82 Å². The van der Waals surface area contributed by atoms with Gasteiger partial charge in [-0.05, 0) is 43.5 Å². The average Bonchev–Trinajstić information content (AvgIpc) is 2.75. The van der Waals surface area contributed by atoms with Crippen LogP contribution in [0.15, 0.2) is 24.3 Å². The van der Waals surface area contributed by atoms with Crippen molar-refractivity contribution in [1.82, 2.24) is 15.3 Å². The standard InChI is InChI=1S/C20H25N7O5/c21-17-16-13(26-20(22)27-17)6-5-12(24-16)9-23-11-3-1-10(2-4-11)18(30)25-14(19(31)32)7-8-15(28)29/h1-4,12,14,23-24H,5-9H2,(H,25,30)(H,28,29)(H,31,32)(H4,21,22,26,27)/t12?,14-/m0/s1. The van der Waals surface area contributed by atoms with Crippen LogP contribution in [0.3, 0.4) is 0 Å². The van der Waals surface area contributed by atoms with Crippen LogP contribution >= 0.6 is 0 Å². The number of anilines is 4. The van der Waals surface area contributed by atoms with Crippen LogP contribution in [-0.2, 0) is 16.0 Å². The van der Waals surface area contributed by atoms with Crippen LogP contribution in [0.4, 0.5) is 23.1 Å². The van der Waals surface area contributed by atoms with E-state index in [9.17, 15) is 14.4 Å². The van der Waals surface area contributed by atoms with Gasteiger partial charge in [0.25, 0.3) is 5.91 Å². The smallest absolute Gasteiger partial charge is 0.326 e. The Bertz CT molecular complexity index is 1010. The van der Waals surface area contributed by atoms with E-state index in [1.807, 2.05) is 0 Å². The van der Waals surface area contributed by atoms with Crippen LogP contribution in [0.5, 0.6) is 0 Å². The van der Waals surface area contributed by atoms with E-state index < -0.39 is 23.9 Å². The van der Waals surface area contributed by atoms with Gasteiger partial charge in [-0.25, -0.2) is 9.78 Å². The first-order valence-corrected chi connectivity index (χ1v) is 10.0. The number of nitrogens with one attached hydrogen (secondary N) is 3. The Morgan fingerprint density at radius 3 is 2.53 bits per heavy atom. The van der Waals surface area contributed by atoms with Crippen molar-refractivity contribution in [3.8, 4) is 0 Å². The summed E-state index contributed by atoms with van der Waals surface area (Å²) in [6, 6.07) is 5.35. The zero-order valence-corrected chi connectivity index (χ0v) is 17.2. The quantitative estimate of drug-likeness (QED) is 0.284. The number of carboxylic acids is 2. The van der Waals surface area contributed by atoms with Crippen molar-refractivity contribution in [3.05, 3.63) is 35.5 Å². The molecule has 0 radical (unpaired) electrons. The molecule has 2 atom stereocenters. The molecule has 0 aliphatic carbocycles. The zero-order valence-electron chi connectivity index (χ0n) is 17.2. The summed E-state index contributed by atoms with van der Waals surface area (Å²) in [6.45, 7) is 0.588. The third-order valence-corrected chi connectivity index (χ3v) is 5.06. The Hall–Kier alpha value is -4.09. The Morgan fingerprint density at radius 2 is 1.88 bits per heavy atom. The number of nitrogens with zero attached hydrogens (tertiary/aromatic N) is 2. The number of aromatic nitrogens is 2. The van der Waals surface area contributed by atoms with Crippen molar-refractivity contribution >= 4 is 41.0 Å². The monoisotopic (exact) mass is 443 g/mol. The number of nitrogen functional groups attached to an aromatic ring is 2. The van der Waals surface area contributed by atoms with Gasteiger partial charge in [0.2, 0.25) is 5.95 Å². The van der Waals surface area contributed by atoms with Crippen molar-refractivity contribution < 1.29 is 24.6 Å². The lowest BCUT2D eigenvalue weighted by molar-refractivity contribution is -0.140. The summed E-state index contributed by atoms with van der Waals surface area (Å²) in [5.41, 5.74) is 14.1. The van der Waals surface area contributed by atoms with E-state index in [-0.39, 0.29) is 30.4 Å². The first kappa shape index (κ1) is 22.6. The van der Waals surface area contributed by atoms with Gasteiger partial charge >= 0.3 is 11.9 Å². The van der Waals surface area contributed by atoms with Crippen molar-refractivity contribution in [2.75, 3.05) is 28.6 Å². The summed E-state index contributed by atoms with van der Waals surface area (Å²) < 4.78 is 0. The predicted octanol–water partition coefficient (Wildman–Crippen LogP) is 0.528. The Labute approximate surface area is 183 Å². The highest BCUT2D eigenvalue weighted by atomic mass is 16.4. The number of amides is 1.